The van der Waals surface area contributed by atoms with E-state index >= 15 is 0 Å². The number of aliphatic carboxylic acids is 1. The fourth-order valence-electron chi connectivity index (χ4n) is 4.35. The van der Waals surface area contributed by atoms with Crippen LogP contribution in [0.5, 0.6) is 5.75 Å². The molecule has 1 atom stereocenters. The standard InChI is InChI=1S/C27H24F3NO5S/c1-2-18-5-10-22(11-6-18)31-16-15-21-17-23(36-37(34,35)27(28,29)30)12-13-24(21)26(31)20-8-3-19(4-9-20)7-14-25(32)33/h3-14,17,26H,2,15-16H2,1H3,(H,32,33)/b14-7+. The van der Waals surface area contributed by atoms with E-state index in [2.05, 4.69) is 16.0 Å². The predicted octanol–water partition coefficient (Wildman–Crippen LogP) is 5.73. The van der Waals surface area contributed by atoms with Crippen molar-refractivity contribution < 1.29 is 35.7 Å². The molecular weight excluding hydrogens is 507 g/mol. The Kier molecular flexibility index (Phi) is 7.31. The lowest BCUT2D eigenvalue weighted by molar-refractivity contribution is -0.131. The Morgan fingerprint density at radius 2 is 1.76 bits per heavy atom. The molecule has 0 saturated heterocycles. The van der Waals surface area contributed by atoms with E-state index in [4.69, 9.17) is 5.11 Å². The maximum Gasteiger partial charge on any atom is 0.534 e. The quantitative estimate of drug-likeness (QED) is 0.238. The molecule has 0 spiro atoms. The van der Waals surface area contributed by atoms with Gasteiger partial charge in [-0.1, -0.05) is 49.4 Å². The summed E-state index contributed by atoms with van der Waals surface area (Å²) < 4.78 is 65.8. The van der Waals surface area contributed by atoms with Gasteiger partial charge in [-0.15, -0.1) is 0 Å². The van der Waals surface area contributed by atoms with Gasteiger partial charge in [-0.3, -0.25) is 0 Å². The highest BCUT2D eigenvalue weighted by molar-refractivity contribution is 7.88. The van der Waals surface area contributed by atoms with E-state index in [-0.39, 0.29) is 6.04 Å². The average Bonchev–Trinajstić information content (AvgIpc) is 2.86. The van der Waals surface area contributed by atoms with Crippen molar-refractivity contribution in [2.45, 2.75) is 31.3 Å². The van der Waals surface area contributed by atoms with E-state index in [1.165, 1.54) is 23.8 Å². The van der Waals surface area contributed by atoms with Crippen LogP contribution >= 0.6 is 0 Å². The fourth-order valence-corrected chi connectivity index (χ4v) is 4.80. The molecule has 37 heavy (non-hydrogen) atoms. The summed E-state index contributed by atoms with van der Waals surface area (Å²) >= 11 is 0. The molecule has 3 aromatic carbocycles. The molecule has 1 aliphatic rings. The molecule has 1 N–H and O–H groups in total. The molecule has 0 fully saturated rings. The van der Waals surface area contributed by atoms with E-state index in [0.29, 0.717) is 24.1 Å². The molecule has 0 saturated carbocycles. The Hall–Kier alpha value is -3.79. The van der Waals surface area contributed by atoms with Gasteiger partial charge < -0.3 is 14.2 Å². The molecule has 3 aromatic rings. The van der Waals surface area contributed by atoms with Gasteiger partial charge in [0.2, 0.25) is 0 Å². The molecule has 4 rings (SSSR count). The van der Waals surface area contributed by atoms with Crippen molar-refractivity contribution in [1.82, 2.24) is 0 Å². The minimum Gasteiger partial charge on any atom is -0.478 e. The van der Waals surface area contributed by atoms with Crippen molar-refractivity contribution in [3.8, 4) is 5.75 Å². The number of hydrogen-bond acceptors (Lipinski definition) is 5. The molecule has 0 aromatic heterocycles. The zero-order chi connectivity index (χ0) is 26.8. The number of benzene rings is 3. The minimum absolute atomic E-state index is 0.318. The Labute approximate surface area is 212 Å². The molecule has 194 valence electrons. The van der Waals surface area contributed by atoms with Gasteiger partial charge in [0.15, 0.2) is 0 Å². The van der Waals surface area contributed by atoms with E-state index in [1.54, 1.807) is 18.2 Å². The van der Waals surface area contributed by atoms with E-state index in [0.717, 1.165) is 29.3 Å². The third kappa shape index (κ3) is 5.80. The zero-order valence-electron chi connectivity index (χ0n) is 19.8. The lowest BCUT2D eigenvalue weighted by Gasteiger charge is -2.39. The number of anilines is 1. The van der Waals surface area contributed by atoms with Gasteiger partial charge >= 0.3 is 21.6 Å². The fraction of sp³-hybridized carbons (Fsp3) is 0.222. The van der Waals surface area contributed by atoms with Gasteiger partial charge in [0, 0.05) is 18.3 Å². The van der Waals surface area contributed by atoms with Crippen LogP contribution in [-0.4, -0.2) is 31.5 Å². The van der Waals surface area contributed by atoms with Crippen LogP contribution in [-0.2, 0) is 27.8 Å². The molecule has 1 aliphatic heterocycles. The number of halogens is 3. The number of fused-ring (bicyclic) bond motifs is 1. The molecule has 1 unspecified atom stereocenters. The summed E-state index contributed by atoms with van der Waals surface area (Å²) in [6.45, 7) is 2.59. The predicted molar refractivity (Wildman–Crippen MR) is 134 cm³/mol. The summed E-state index contributed by atoms with van der Waals surface area (Å²) in [5, 5.41) is 8.87. The van der Waals surface area contributed by atoms with Crippen LogP contribution < -0.4 is 9.08 Å². The summed E-state index contributed by atoms with van der Waals surface area (Å²) in [5.74, 6) is -1.46. The second-order valence-electron chi connectivity index (χ2n) is 8.55. The van der Waals surface area contributed by atoms with Crippen LogP contribution in [0.15, 0.2) is 72.8 Å². The van der Waals surface area contributed by atoms with Gasteiger partial charge in [0.05, 0.1) is 6.04 Å². The number of carboxylic acid groups (broad SMARTS) is 1. The number of rotatable bonds is 7. The molecular formula is C27H24F3NO5S. The average molecular weight is 532 g/mol. The van der Waals surface area contributed by atoms with Crippen molar-refractivity contribution in [2.75, 3.05) is 11.4 Å². The van der Waals surface area contributed by atoms with Gasteiger partial charge in [-0.05, 0) is 71.0 Å². The second kappa shape index (κ2) is 10.3. The Morgan fingerprint density at radius 1 is 1.08 bits per heavy atom. The number of carboxylic acids is 1. The van der Waals surface area contributed by atoms with Crippen LogP contribution in [0.4, 0.5) is 18.9 Å². The number of aryl methyl sites for hydroxylation is 1. The molecule has 0 amide bonds. The lowest BCUT2D eigenvalue weighted by Crippen LogP contribution is -2.36. The van der Waals surface area contributed by atoms with Crippen LogP contribution in [0.2, 0.25) is 0 Å². The van der Waals surface area contributed by atoms with Crippen molar-refractivity contribution in [1.29, 1.82) is 0 Å². The van der Waals surface area contributed by atoms with Crippen molar-refractivity contribution in [3.63, 3.8) is 0 Å². The summed E-state index contributed by atoms with van der Waals surface area (Å²) in [5.41, 5.74) is -0.328. The van der Waals surface area contributed by atoms with Gasteiger partial charge in [0.1, 0.15) is 5.75 Å². The Balaban J connectivity index is 1.74. The number of carbonyl (C=O) groups is 1. The molecule has 0 bridgehead atoms. The topological polar surface area (TPSA) is 83.9 Å². The van der Waals surface area contributed by atoms with E-state index in [1.807, 2.05) is 36.4 Å². The maximum absolute atomic E-state index is 12.8. The summed E-state index contributed by atoms with van der Waals surface area (Å²) in [6.07, 6.45) is 3.88. The van der Waals surface area contributed by atoms with Gasteiger partial charge in [-0.25, -0.2) is 4.79 Å². The minimum atomic E-state index is -5.78. The normalized spacial score (nSPS) is 16.0. The van der Waals surface area contributed by atoms with Gasteiger partial charge in [-0.2, -0.15) is 21.6 Å². The van der Waals surface area contributed by atoms with Crippen LogP contribution in [0.25, 0.3) is 6.08 Å². The van der Waals surface area contributed by atoms with Crippen molar-refractivity contribution >= 4 is 27.9 Å². The highest BCUT2D eigenvalue weighted by atomic mass is 32.2. The third-order valence-electron chi connectivity index (χ3n) is 6.18. The highest BCUT2D eigenvalue weighted by Crippen LogP contribution is 2.40. The summed E-state index contributed by atoms with van der Waals surface area (Å²) in [7, 11) is -5.78. The Morgan fingerprint density at radius 3 is 2.35 bits per heavy atom. The first kappa shape index (κ1) is 26.3. The number of nitrogens with zero attached hydrogens (tertiary/aromatic N) is 1. The lowest BCUT2D eigenvalue weighted by atomic mass is 9.87. The van der Waals surface area contributed by atoms with E-state index in [9.17, 15) is 26.4 Å². The molecule has 6 nitrogen and oxygen atoms in total. The molecule has 0 radical (unpaired) electrons. The SMILES string of the molecule is CCc1ccc(N2CCc3cc(OS(=O)(=O)C(F)(F)F)ccc3C2c2ccc(/C=C/C(=O)O)cc2)cc1. The monoisotopic (exact) mass is 531 g/mol. The first-order chi connectivity index (χ1) is 17.5. The van der Waals surface area contributed by atoms with E-state index < -0.39 is 27.3 Å². The molecule has 1 heterocycles. The van der Waals surface area contributed by atoms with Crippen LogP contribution in [0.1, 0.15) is 40.8 Å². The highest BCUT2D eigenvalue weighted by Gasteiger charge is 2.48. The first-order valence-corrected chi connectivity index (χ1v) is 12.9. The number of alkyl halides is 3. The largest absolute Gasteiger partial charge is 0.534 e. The van der Waals surface area contributed by atoms with Crippen molar-refractivity contribution in [2.24, 2.45) is 0 Å². The maximum atomic E-state index is 12.8. The number of hydrogen-bond donors (Lipinski definition) is 1. The van der Waals surface area contributed by atoms with Gasteiger partial charge in [0.25, 0.3) is 0 Å². The third-order valence-corrected chi connectivity index (χ3v) is 7.16. The summed E-state index contributed by atoms with van der Waals surface area (Å²) in [6, 6.07) is 19.3. The van der Waals surface area contributed by atoms with Crippen LogP contribution in [0.3, 0.4) is 0 Å². The second-order valence-corrected chi connectivity index (χ2v) is 10.1. The molecule has 0 aliphatic carbocycles. The summed E-state index contributed by atoms with van der Waals surface area (Å²) in [4.78, 5) is 13.0. The molecule has 10 heteroatoms. The smallest absolute Gasteiger partial charge is 0.478 e. The zero-order valence-corrected chi connectivity index (χ0v) is 20.6. The van der Waals surface area contributed by atoms with Crippen LogP contribution in [0, 0.1) is 0 Å². The van der Waals surface area contributed by atoms with Crippen molar-refractivity contribution in [3.05, 3.63) is 101 Å². The Bertz CT molecular complexity index is 1420. The first-order valence-electron chi connectivity index (χ1n) is 11.5.